The van der Waals surface area contributed by atoms with Crippen molar-refractivity contribution < 1.29 is 4.74 Å². The van der Waals surface area contributed by atoms with Gasteiger partial charge in [0.25, 0.3) is 0 Å². The summed E-state index contributed by atoms with van der Waals surface area (Å²) in [5.74, 6) is 0.921. The minimum absolute atomic E-state index is 0.228. The molecular weight excluding hydrogens is 244 g/mol. The van der Waals surface area contributed by atoms with Crippen molar-refractivity contribution in [2.45, 2.75) is 12.5 Å². The summed E-state index contributed by atoms with van der Waals surface area (Å²) in [7, 11) is 0. The molecule has 1 saturated heterocycles. The minimum Gasteiger partial charge on any atom is -0.379 e. The monoisotopic (exact) mass is 268 g/mol. The topological polar surface area (TPSA) is 38.5 Å². The lowest BCUT2D eigenvalue weighted by Crippen LogP contribution is -2.39. The van der Waals surface area contributed by atoms with Crippen molar-refractivity contribution in [3.8, 4) is 0 Å². The molecule has 1 fully saturated rings. The number of thioether (sulfide) groups is 1. The standard InChI is InChI=1S/C14H24N2OS/c1-3-4-5-13(2)18-12-14(15)6-7-16-8-10-17-11-9-16/h3-5,14H,1-2,6-12,15H2/b5-4-. The van der Waals surface area contributed by atoms with E-state index in [1.54, 1.807) is 17.8 Å². The molecule has 102 valence electrons. The zero-order valence-electron chi connectivity index (χ0n) is 11.0. The molecule has 1 atom stereocenters. The quantitative estimate of drug-likeness (QED) is 0.684. The summed E-state index contributed by atoms with van der Waals surface area (Å²) in [5, 5.41) is 0. The van der Waals surface area contributed by atoms with E-state index < -0.39 is 0 Å². The van der Waals surface area contributed by atoms with Gasteiger partial charge >= 0.3 is 0 Å². The van der Waals surface area contributed by atoms with Crippen LogP contribution in [0, 0.1) is 0 Å². The molecule has 1 rings (SSSR count). The van der Waals surface area contributed by atoms with E-state index in [9.17, 15) is 0 Å². The van der Waals surface area contributed by atoms with Gasteiger partial charge in [0.15, 0.2) is 0 Å². The van der Waals surface area contributed by atoms with Gasteiger partial charge in [-0.1, -0.05) is 25.3 Å². The number of rotatable bonds is 8. The average Bonchev–Trinajstić information content (AvgIpc) is 2.41. The predicted molar refractivity (Wildman–Crippen MR) is 80.8 cm³/mol. The lowest BCUT2D eigenvalue weighted by Gasteiger charge is -2.27. The Bertz CT molecular complexity index is 286. The van der Waals surface area contributed by atoms with Gasteiger partial charge in [0, 0.05) is 29.8 Å². The average molecular weight is 268 g/mol. The van der Waals surface area contributed by atoms with Crippen LogP contribution < -0.4 is 5.73 Å². The van der Waals surface area contributed by atoms with Crippen molar-refractivity contribution in [2.75, 3.05) is 38.6 Å². The van der Waals surface area contributed by atoms with Gasteiger partial charge in [-0.2, -0.15) is 0 Å². The van der Waals surface area contributed by atoms with E-state index in [-0.39, 0.29) is 6.04 Å². The van der Waals surface area contributed by atoms with Gasteiger partial charge in [-0.25, -0.2) is 0 Å². The number of morpholine rings is 1. The van der Waals surface area contributed by atoms with E-state index in [2.05, 4.69) is 18.1 Å². The fraction of sp³-hybridized carbons (Fsp3) is 0.571. The first-order valence-corrected chi connectivity index (χ1v) is 7.37. The Hall–Kier alpha value is -0.550. The van der Waals surface area contributed by atoms with E-state index in [1.165, 1.54) is 0 Å². The van der Waals surface area contributed by atoms with Crippen LogP contribution in [0.25, 0.3) is 0 Å². The summed E-state index contributed by atoms with van der Waals surface area (Å²) in [4.78, 5) is 3.46. The van der Waals surface area contributed by atoms with Crippen molar-refractivity contribution >= 4 is 11.8 Å². The minimum atomic E-state index is 0.228. The van der Waals surface area contributed by atoms with Crippen LogP contribution in [0.1, 0.15) is 6.42 Å². The van der Waals surface area contributed by atoms with Crippen LogP contribution in [-0.4, -0.2) is 49.5 Å². The highest BCUT2D eigenvalue weighted by molar-refractivity contribution is 8.03. The molecule has 1 aliphatic heterocycles. The molecule has 18 heavy (non-hydrogen) atoms. The Kier molecular flexibility index (Phi) is 8.09. The van der Waals surface area contributed by atoms with E-state index in [4.69, 9.17) is 10.5 Å². The summed E-state index contributed by atoms with van der Waals surface area (Å²) in [5.41, 5.74) is 6.10. The van der Waals surface area contributed by atoms with E-state index in [0.29, 0.717) is 0 Å². The van der Waals surface area contributed by atoms with Crippen molar-refractivity contribution in [1.29, 1.82) is 0 Å². The Morgan fingerprint density at radius 2 is 2.17 bits per heavy atom. The molecule has 0 aromatic rings. The maximum atomic E-state index is 6.10. The van der Waals surface area contributed by atoms with Crippen molar-refractivity contribution in [1.82, 2.24) is 4.90 Å². The van der Waals surface area contributed by atoms with Gasteiger partial charge in [-0.05, 0) is 19.0 Å². The first-order chi connectivity index (χ1) is 8.72. The fourth-order valence-electron chi connectivity index (χ4n) is 1.69. The van der Waals surface area contributed by atoms with E-state index >= 15 is 0 Å². The molecule has 0 aromatic carbocycles. The van der Waals surface area contributed by atoms with E-state index in [0.717, 1.165) is 49.9 Å². The molecule has 0 aliphatic carbocycles. The number of nitrogens with zero attached hydrogens (tertiary/aromatic N) is 1. The Morgan fingerprint density at radius 1 is 1.44 bits per heavy atom. The molecule has 0 amide bonds. The lowest BCUT2D eigenvalue weighted by atomic mass is 10.2. The van der Waals surface area contributed by atoms with Crippen molar-refractivity contribution in [2.24, 2.45) is 5.73 Å². The number of allylic oxidation sites excluding steroid dienone is 3. The zero-order valence-corrected chi connectivity index (χ0v) is 11.8. The van der Waals surface area contributed by atoms with Crippen molar-refractivity contribution in [3.63, 3.8) is 0 Å². The molecule has 2 N–H and O–H groups in total. The maximum Gasteiger partial charge on any atom is 0.0594 e. The second-order valence-electron chi connectivity index (χ2n) is 4.37. The summed E-state index contributed by atoms with van der Waals surface area (Å²) >= 11 is 1.71. The number of ether oxygens (including phenoxy) is 1. The lowest BCUT2D eigenvalue weighted by molar-refractivity contribution is 0.0369. The molecule has 0 radical (unpaired) electrons. The third-order valence-electron chi connectivity index (χ3n) is 2.82. The number of hydrogen-bond acceptors (Lipinski definition) is 4. The zero-order chi connectivity index (χ0) is 13.2. The van der Waals surface area contributed by atoms with Gasteiger partial charge in [0.2, 0.25) is 0 Å². The van der Waals surface area contributed by atoms with Crippen LogP contribution in [0.3, 0.4) is 0 Å². The molecule has 0 aromatic heterocycles. The summed E-state index contributed by atoms with van der Waals surface area (Å²) < 4.78 is 5.32. The van der Waals surface area contributed by atoms with Crippen LogP contribution in [0.4, 0.5) is 0 Å². The highest BCUT2D eigenvalue weighted by Gasteiger charge is 2.11. The molecule has 4 heteroatoms. The first kappa shape index (κ1) is 15.5. The molecular formula is C14H24N2OS. The first-order valence-electron chi connectivity index (χ1n) is 6.39. The van der Waals surface area contributed by atoms with Gasteiger partial charge in [-0.3, -0.25) is 4.90 Å². The van der Waals surface area contributed by atoms with Gasteiger partial charge in [0.1, 0.15) is 0 Å². The summed E-state index contributed by atoms with van der Waals surface area (Å²) in [6, 6.07) is 0.228. The molecule has 1 aliphatic rings. The van der Waals surface area contributed by atoms with E-state index in [1.807, 2.05) is 12.2 Å². The van der Waals surface area contributed by atoms with Crippen LogP contribution >= 0.6 is 11.8 Å². The van der Waals surface area contributed by atoms with Crippen molar-refractivity contribution in [3.05, 3.63) is 36.3 Å². The Morgan fingerprint density at radius 3 is 2.83 bits per heavy atom. The van der Waals surface area contributed by atoms with Crippen LogP contribution in [-0.2, 0) is 4.74 Å². The Labute approximate surface area is 115 Å². The fourth-order valence-corrected chi connectivity index (χ4v) is 2.46. The molecule has 0 saturated carbocycles. The highest BCUT2D eigenvalue weighted by Crippen LogP contribution is 2.16. The van der Waals surface area contributed by atoms with Gasteiger partial charge in [-0.15, -0.1) is 11.8 Å². The normalized spacial score (nSPS) is 18.9. The molecule has 3 nitrogen and oxygen atoms in total. The van der Waals surface area contributed by atoms with Gasteiger partial charge in [0.05, 0.1) is 13.2 Å². The van der Waals surface area contributed by atoms with Gasteiger partial charge < -0.3 is 10.5 Å². The second kappa shape index (κ2) is 9.39. The Balaban J connectivity index is 2.09. The predicted octanol–water partition coefficient (Wildman–Crippen LogP) is 2.03. The number of nitrogens with two attached hydrogens (primary N) is 1. The largest absolute Gasteiger partial charge is 0.379 e. The highest BCUT2D eigenvalue weighted by atomic mass is 32.2. The molecule has 0 spiro atoms. The SMILES string of the molecule is C=C/C=C\C(=C)SCC(N)CCN1CCOCC1. The number of hydrogen-bond donors (Lipinski definition) is 1. The summed E-state index contributed by atoms with van der Waals surface area (Å²) in [6.45, 7) is 12.4. The van der Waals surface area contributed by atoms with Crippen LogP contribution in [0.2, 0.25) is 0 Å². The third kappa shape index (κ3) is 7.01. The second-order valence-corrected chi connectivity index (χ2v) is 5.52. The molecule has 1 unspecified atom stereocenters. The smallest absolute Gasteiger partial charge is 0.0594 e. The summed E-state index contributed by atoms with van der Waals surface area (Å²) in [6.07, 6.45) is 6.65. The van der Waals surface area contributed by atoms with Crippen LogP contribution in [0.15, 0.2) is 36.3 Å². The maximum absolute atomic E-state index is 6.10. The third-order valence-corrected chi connectivity index (χ3v) is 3.92. The van der Waals surface area contributed by atoms with Crippen LogP contribution in [0.5, 0.6) is 0 Å². The molecule has 0 bridgehead atoms. The molecule has 1 heterocycles.